The SMILES string of the molecule is Cc1cccc2cnc(-c3cccc(Br)c3)n12. The predicted octanol–water partition coefficient (Wildman–Crippen LogP) is 4.07. The normalized spacial score (nSPS) is 10.9. The van der Waals surface area contributed by atoms with E-state index in [1.54, 1.807) is 0 Å². The lowest BCUT2D eigenvalue weighted by Gasteiger charge is -2.05. The third-order valence-electron chi connectivity index (χ3n) is 2.83. The number of fused-ring (bicyclic) bond motifs is 1. The van der Waals surface area contributed by atoms with E-state index in [4.69, 9.17) is 0 Å². The van der Waals surface area contributed by atoms with Gasteiger partial charge < -0.3 is 0 Å². The maximum absolute atomic E-state index is 4.51. The number of rotatable bonds is 1. The Morgan fingerprint density at radius 2 is 1.94 bits per heavy atom. The highest BCUT2D eigenvalue weighted by Gasteiger charge is 2.07. The molecular formula is C14H11BrN2. The van der Waals surface area contributed by atoms with Crippen molar-refractivity contribution in [2.75, 3.05) is 0 Å². The first-order valence-electron chi connectivity index (χ1n) is 5.45. The molecule has 17 heavy (non-hydrogen) atoms. The number of aryl methyl sites for hydroxylation is 1. The number of nitrogens with zero attached hydrogens (tertiary/aromatic N) is 2. The van der Waals surface area contributed by atoms with Gasteiger partial charge in [-0.1, -0.05) is 34.1 Å². The van der Waals surface area contributed by atoms with E-state index < -0.39 is 0 Å². The molecule has 3 aromatic rings. The Kier molecular flexibility index (Phi) is 2.48. The van der Waals surface area contributed by atoms with Crippen molar-refractivity contribution in [3.8, 4) is 11.4 Å². The van der Waals surface area contributed by atoms with E-state index in [1.807, 2.05) is 18.3 Å². The first-order chi connectivity index (χ1) is 8.25. The Balaban J connectivity index is 2.31. The Morgan fingerprint density at radius 1 is 1.12 bits per heavy atom. The standard InChI is InChI=1S/C14H11BrN2/c1-10-4-2-7-13-9-16-14(17(10)13)11-5-3-6-12(15)8-11/h2-9H,1H3. The van der Waals surface area contributed by atoms with E-state index in [1.165, 1.54) is 5.69 Å². The average Bonchev–Trinajstić information content (AvgIpc) is 2.74. The summed E-state index contributed by atoms with van der Waals surface area (Å²) in [5, 5.41) is 0. The van der Waals surface area contributed by atoms with Crippen molar-refractivity contribution in [3.05, 3.63) is 58.8 Å². The molecule has 0 aliphatic carbocycles. The molecule has 0 amide bonds. The molecule has 0 saturated heterocycles. The van der Waals surface area contributed by atoms with Crippen LogP contribution in [0.1, 0.15) is 5.69 Å². The average molecular weight is 287 g/mol. The molecule has 0 radical (unpaired) electrons. The summed E-state index contributed by atoms with van der Waals surface area (Å²) in [6.45, 7) is 2.09. The first kappa shape index (κ1) is 10.5. The van der Waals surface area contributed by atoms with Crippen LogP contribution in [0.15, 0.2) is 53.1 Å². The molecule has 1 aromatic carbocycles. The van der Waals surface area contributed by atoms with Crippen molar-refractivity contribution in [1.29, 1.82) is 0 Å². The minimum absolute atomic E-state index is 0.986. The highest BCUT2D eigenvalue weighted by atomic mass is 79.9. The number of pyridine rings is 1. The minimum atomic E-state index is 0.986. The van der Waals surface area contributed by atoms with Crippen LogP contribution in [0.3, 0.4) is 0 Å². The van der Waals surface area contributed by atoms with Crippen LogP contribution in [0.25, 0.3) is 16.9 Å². The van der Waals surface area contributed by atoms with Gasteiger partial charge in [-0.05, 0) is 31.2 Å². The monoisotopic (exact) mass is 286 g/mol. The Bertz CT molecular complexity index is 686. The Hall–Kier alpha value is -1.61. The van der Waals surface area contributed by atoms with Crippen LogP contribution in [0.2, 0.25) is 0 Å². The van der Waals surface area contributed by atoms with Gasteiger partial charge in [0.25, 0.3) is 0 Å². The van der Waals surface area contributed by atoms with Gasteiger partial charge in [0.1, 0.15) is 5.82 Å². The summed E-state index contributed by atoms with van der Waals surface area (Å²) >= 11 is 3.49. The summed E-state index contributed by atoms with van der Waals surface area (Å²) in [5.41, 5.74) is 3.43. The summed E-state index contributed by atoms with van der Waals surface area (Å²) in [5.74, 6) is 0.986. The quantitative estimate of drug-likeness (QED) is 0.659. The zero-order chi connectivity index (χ0) is 11.8. The van der Waals surface area contributed by atoms with Crippen LogP contribution in [0.5, 0.6) is 0 Å². The van der Waals surface area contributed by atoms with Crippen molar-refractivity contribution >= 4 is 21.4 Å². The van der Waals surface area contributed by atoms with E-state index >= 15 is 0 Å². The molecule has 84 valence electrons. The van der Waals surface area contributed by atoms with E-state index in [2.05, 4.69) is 62.6 Å². The fraction of sp³-hybridized carbons (Fsp3) is 0.0714. The van der Waals surface area contributed by atoms with Gasteiger partial charge in [-0.25, -0.2) is 4.98 Å². The molecule has 3 heteroatoms. The lowest BCUT2D eigenvalue weighted by Crippen LogP contribution is -1.93. The molecule has 2 nitrogen and oxygen atoms in total. The Labute approximate surface area is 108 Å². The van der Waals surface area contributed by atoms with Gasteiger partial charge in [0.2, 0.25) is 0 Å². The van der Waals surface area contributed by atoms with Crippen molar-refractivity contribution < 1.29 is 0 Å². The van der Waals surface area contributed by atoms with Crippen LogP contribution in [-0.2, 0) is 0 Å². The second kappa shape index (κ2) is 4.00. The van der Waals surface area contributed by atoms with Gasteiger partial charge in [0.05, 0.1) is 11.7 Å². The molecule has 0 unspecified atom stereocenters. The zero-order valence-corrected chi connectivity index (χ0v) is 11.0. The molecule has 0 fully saturated rings. The molecule has 0 N–H and O–H groups in total. The predicted molar refractivity (Wildman–Crippen MR) is 73.1 cm³/mol. The largest absolute Gasteiger partial charge is 0.297 e. The molecule has 2 heterocycles. The molecule has 0 spiro atoms. The number of hydrogen-bond donors (Lipinski definition) is 0. The van der Waals surface area contributed by atoms with Crippen molar-refractivity contribution in [2.24, 2.45) is 0 Å². The molecule has 0 aliphatic heterocycles. The molecule has 2 aromatic heterocycles. The fourth-order valence-corrected chi connectivity index (χ4v) is 2.44. The Morgan fingerprint density at radius 3 is 2.76 bits per heavy atom. The molecule has 0 atom stereocenters. The number of hydrogen-bond acceptors (Lipinski definition) is 1. The number of halogens is 1. The molecule has 0 aliphatic rings. The van der Waals surface area contributed by atoms with Gasteiger partial charge >= 0.3 is 0 Å². The maximum atomic E-state index is 4.51. The summed E-state index contributed by atoms with van der Waals surface area (Å²) < 4.78 is 3.24. The van der Waals surface area contributed by atoms with Gasteiger partial charge in [-0.15, -0.1) is 0 Å². The van der Waals surface area contributed by atoms with Gasteiger partial charge in [0, 0.05) is 15.7 Å². The third kappa shape index (κ3) is 1.76. The molecule has 3 rings (SSSR count). The number of aromatic nitrogens is 2. The van der Waals surface area contributed by atoms with Crippen molar-refractivity contribution in [2.45, 2.75) is 6.92 Å². The number of imidazole rings is 1. The summed E-state index contributed by atoms with van der Waals surface area (Å²) in [6, 6.07) is 14.4. The first-order valence-corrected chi connectivity index (χ1v) is 6.24. The van der Waals surface area contributed by atoms with Crippen LogP contribution in [0, 0.1) is 6.92 Å². The molecule has 0 bridgehead atoms. The highest BCUT2D eigenvalue weighted by Crippen LogP contribution is 2.23. The van der Waals surface area contributed by atoms with Crippen LogP contribution < -0.4 is 0 Å². The second-order valence-corrected chi connectivity index (χ2v) is 4.94. The van der Waals surface area contributed by atoms with Gasteiger partial charge in [0.15, 0.2) is 0 Å². The van der Waals surface area contributed by atoms with Crippen LogP contribution in [-0.4, -0.2) is 9.38 Å². The highest BCUT2D eigenvalue weighted by molar-refractivity contribution is 9.10. The molecule has 0 saturated carbocycles. The van der Waals surface area contributed by atoms with Gasteiger partial charge in [-0.2, -0.15) is 0 Å². The summed E-state index contributed by atoms with van der Waals surface area (Å²) in [7, 11) is 0. The van der Waals surface area contributed by atoms with Crippen molar-refractivity contribution in [1.82, 2.24) is 9.38 Å². The van der Waals surface area contributed by atoms with Gasteiger partial charge in [-0.3, -0.25) is 4.40 Å². The van der Waals surface area contributed by atoms with Crippen LogP contribution in [0.4, 0.5) is 0 Å². The topological polar surface area (TPSA) is 17.3 Å². The van der Waals surface area contributed by atoms with Crippen LogP contribution >= 0.6 is 15.9 Å². The van der Waals surface area contributed by atoms with Crippen molar-refractivity contribution in [3.63, 3.8) is 0 Å². The summed E-state index contributed by atoms with van der Waals surface area (Å²) in [6.07, 6.45) is 1.91. The smallest absolute Gasteiger partial charge is 0.144 e. The lowest BCUT2D eigenvalue weighted by molar-refractivity contribution is 1.08. The van der Waals surface area contributed by atoms with E-state index in [0.717, 1.165) is 21.4 Å². The summed E-state index contributed by atoms with van der Waals surface area (Å²) in [4.78, 5) is 4.51. The second-order valence-electron chi connectivity index (χ2n) is 4.02. The lowest BCUT2D eigenvalue weighted by atomic mass is 10.2. The maximum Gasteiger partial charge on any atom is 0.144 e. The minimum Gasteiger partial charge on any atom is -0.297 e. The zero-order valence-electron chi connectivity index (χ0n) is 9.39. The molecular weight excluding hydrogens is 276 g/mol. The van der Waals surface area contributed by atoms with E-state index in [9.17, 15) is 0 Å². The number of benzene rings is 1. The third-order valence-corrected chi connectivity index (χ3v) is 3.32. The van der Waals surface area contributed by atoms with E-state index in [-0.39, 0.29) is 0 Å². The fourth-order valence-electron chi connectivity index (χ4n) is 2.04. The van der Waals surface area contributed by atoms with E-state index in [0.29, 0.717) is 0 Å².